The van der Waals surface area contributed by atoms with Crippen LogP contribution in [0.25, 0.3) is 0 Å². The molecule has 0 radical (unpaired) electrons. The molecule has 0 bridgehead atoms. The number of hydrogen-bond donors (Lipinski definition) is 1. The zero-order valence-corrected chi connectivity index (χ0v) is 7.70. The quantitative estimate of drug-likeness (QED) is 0.755. The standard InChI is InChI=1S/C9H15N3O/c10-9-12-11-8(13-9)6-7-4-2-1-3-5-7/h7H,1-6H2,(H2,10,12). The van der Waals surface area contributed by atoms with Crippen LogP contribution in [0.2, 0.25) is 0 Å². The summed E-state index contributed by atoms with van der Waals surface area (Å²) in [6.07, 6.45) is 7.56. The molecule has 4 nitrogen and oxygen atoms in total. The highest BCUT2D eigenvalue weighted by Crippen LogP contribution is 2.26. The maximum absolute atomic E-state index is 5.34. The van der Waals surface area contributed by atoms with Gasteiger partial charge in [0, 0.05) is 6.42 Å². The summed E-state index contributed by atoms with van der Waals surface area (Å²) in [5.41, 5.74) is 5.34. The van der Waals surface area contributed by atoms with E-state index in [1.54, 1.807) is 0 Å². The molecule has 0 aliphatic heterocycles. The molecule has 0 aromatic carbocycles. The summed E-state index contributed by atoms with van der Waals surface area (Å²) >= 11 is 0. The van der Waals surface area contributed by atoms with E-state index in [1.165, 1.54) is 32.1 Å². The Morgan fingerprint density at radius 3 is 2.62 bits per heavy atom. The van der Waals surface area contributed by atoms with E-state index in [0.29, 0.717) is 5.89 Å². The van der Waals surface area contributed by atoms with Gasteiger partial charge in [-0.05, 0) is 18.8 Å². The van der Waals surface area contributed by atoms with Crippen LogP contribution < -0.4 is 5.73 Å². The van der Waals surface area contributed by atoms with Crippen molar-refractivity contribution in [2.75, 3.05) is 5.73 Å². The maximum Gasteiger partial charge on any atom is 0.312 e. The molecule has 1 aromatic heterocycles. The predicted molar refractivity (Wildman–Crippen MR) is 49.0 cm³/mol. The largest absolute Gasteiger partial charge is 0.408 e. The lowest BCUT2D eigenvalue weighted by molar-refractivity contribution is 0.331. The lowest BCUT2D eigenvalue weighted by Gasteiger charge is -2.19. The molecule has 2 N–H and O–H groups in total. The van der Waals surface area contributed by atoms with Crippen LogP contribution in [0.15, 0.2) is 4.42 Å². The van der Waals surface area contributed by atoms with E-state index in [2.05, 4.69) is 10.2 Å². The molecular weight excluding hydrogens is 166 g/mol. The Balaban J connectivity index is 1.89. The average molecular weight is 181 g/mol. The maximum atomic E-state index is 5.34. The second kappa shape index (κ2) is 3.77. The third-order valence-electron chi connectivity index (χ3n) is 2.67. The fraction of sp³-hybridized carbons (Fsp3) is 0.778. The van der Waals surface area contributed by atoms with E-state index >= 15 is 0 Å². The Kier molecular flexibility index (Phi) is 2.47. The molecule has 0 saturated heterocycles. The highest BCUT2D eigenvalue weighted by molar-refractivity contribution is 5.05. The molecule has 13 heavy (non-hydrogen) atoms. The van der Waals surface area contributed by atoms with Crippen molar-refractivity contribution >= 4 is 6.01 Å². The van der Waals surface area contributed by atoms with E-state index in [0.717, 1.165) is 12.3 Å². The van der Waals surface area contributed by atoms with Gasteiger partial charge >= 0.3 is 6.01 Å². The molecule has 1 heterocycles. The molecule has 1 saturated carbocycles. The number of hydrogen-bond acceptors (Lipinski definition) is 4. The van der Waals surface area contributed by atoms with Gasteiger partial charge in [0.05, 0.1) is 0 Å². The summed E-state index contributed by atoms with van der Waals surface area (Å²) in [6.45, 7) is 0. The highest BCUT2D eigenvalue weighted by atomic mass is 16.4. The first-order chi connectivity index (χ1) is 6.34. The second-order valence-corrected chi connectivity index (χ2v) is 3.74. The van der Waals surface area contributed by atoms with Gasteiger partial charge in [-0.3, -0.25) is 0 Å². The van der Waals surface area contributed by atoms with Gasteiger partial charge in [-0.1, -0.05) is 24.4 Å². The van der Waals surface area contributed by atoms with Crippen LogP contribution in [-0.4, -0.2) is 10.2 Å². The van der Waals surface area contributed by atoms with Crippen molar-refractivity contribution in [3.05, 3.63) is 5.89 Å². The molecule has 0 unspecified atom stereocenters. The summed E-state index contributed by atoms with van der Waals surface area (Å²) in [5.74, 6) is 1.43. The summed E-state index contributed by atoms with van der Waals surface area (Å²) in [4.78, 5) is 0. The summed E-state index contributed by atoms with van der Waals surface area (Å²) in [5, 5.41) is 7.51. The molecule has 0 spiro atoms. The van der Waals surface area contributed by atoms with E-state index < -0.39 is 0 Å². The van der Waals surface area contributed by atoms with Crippen molar-refractivity contribution in [1.29, 1.82) is 0 Å². The summed E-state index contributed by atoms with van der Waals surface area (Å²) in [6, 6.07) is 0.186. The van der Waals surface area contributed by atoms with Gasteiger partial charge in [-0.15, -0.1) is 5.10 Å². The summed E-state index contributed by atoms with van der Waals surface area (Å²) < 4.78 is 5.14. The lowest BCUT2D eigenvalue weighted by atomic mass is 9.87. The average Bonchev–Trinajstić information content (AvgIpc) is 2.53. The van der Waals surface area contributed by atoms with Crippen LogP contribution >= 0.6 is 0 Å². The third-order valence-corrected chi connectivity index (χ3v) is 2.67. The van der Waals surface area contributed by atoms with Crippen LogP contribution in [0.1, 0.15) is 38.0 Å². The van der Waals surface area contributed by atoms with Gasteiger partial charge in [-0.25, -0.2) is 0 Å². The molecule has 1 aliphatic rings. The Labute approximate surface area is 77.5 Å². The normalized spacial score (nSPS) is 19.1. The smallest absolute Gasteiger partial charge is 0.312 e. The van der Waals surface area contributed by atoms with Gasteiger partial charge in [0.1, 0.15) is 0 Å². The second-order valence-electron chi connectivity index (χ2n) is 3.74. The highest BCUT2D eigenvalue weighted by Gasteiger charge is 2.16. The number of aromatic nitrogens is 2. The monoisotopic (exact) mass is 181 g/mol. The van der Waals surface area contributed by atoms with Gasteiger partial charge in [0.15, 0.2) is 0 Å². The SMILES string of the molecule is Nc1nnc(CC2CCCCC2)o1. The van der Waals surface area contributed by atoms with Crippen molar-refractivity contribution in [1.82, 2.24) is 10.2 Å². The van der Waals surface area contributed by atoms with Gasteiger partial charge < -0.3 is 10.2 Å². The summed E-state index contributed by atoms with van der Waals surface area (Å²) in [7, 11) is 0. The zero-order chi connectivity index (χ0) is 9.10. The molecular formula is C9H15N3O. The minimum Gasteiger partial charge on any atom is -0.408 e. The van der Waals surface area contributed by atoms with Gasteiger partial charge in [0.25, 0.3) is 0 Å². The van der Waals surface area contributed by atoms with E-state index in [-0.39, 0.29) is 6.01 Å². The molecule has 1 aromatic rings. The van der Waals surface area contributed by atoms with Crippen molar-refractivity contribution < 1.29 is 4.42 Å². The van der Waals surface area contributed by atoms with E-state index in [9.17, 15) is 0 Å². The Bertz CT molecular complexity index is 266. The van der Waals surface area contributed by atoms with Crippen molar-refractivity contribution in [2.24, 2.45) is 5.92 Å². The van der Waals surface area contributed by atoms with Crippen molar-refractivity contribution in [3.8, 4) is 0 Å². The molecule has 1 fully saturated rings. The minimum atomic E-state index is 0.186. The van der Waals surface area contributed by atoms with Gasteiger partial charge in [0.2, 0.25) is 5.89 Å². The molecule has 4 heteroatoms. The Hall–Kier alpha value is -1.06. The molecule has 72 valence electrons. The number of nitrogens with zero attached hydrogens (tertiary/aromatic N) is 2. The molecule has 2 rings (SSSR count). The predicted octanol–water partition coefficient (Wildman–Crippen LogP) is 1.77. The molecule has 0 atom stereocenters. The number of anilines is 1. The van der Waals surface area contributed by atoms with E-state index in [1.807, 2.05) is 0 Å². The Morgan fingerprint density at radius 1 is 1.23 bits per heavy atom. The van der Waals surface area contributed by atoms with Crippen LogP contribution in [0.4, 0.5) is 6.01 Å². The first kappa shape index (κ1) is 8.53. The zero-order valence-electron chi connectivity index (χ0n) is 7.70. The minimum absolute atomic E-state index is 0.186. The number of nitrogen functional groups attached to an aromatic ring is 1. The lowest BCUT2D eigenvalue weighted by Crippen LogP contribution is -2.09. The number of nitrogens with two attached hydrogens (primary N) is 1. The van der Waals surface area contributed by atoms with Crippen molar-refractivity contribution in [3.63, 3.8) is 0 Å². The van der Waals surface area contributed by atoms with Crippen LogP contribution in [0.5, 0.6) is 0 Å². The van der Waals surface area contributed by atoms with Crippen molar-refractivity contribution in [2.45, 2.75) is 38.5 Å². The molecule has 1 aliphatic carbocycles. The fourth-order valence-electron chi connectivity index (χ4n) is 1.99. The Morgan fingerprint density at radius 2 is 2.00 bits per heavy atom. The van der Waals surface area contributed by atoms with Crippen LogP contribution in [0.3, 0.4) is 0 Å². The third kappa shape index (κ3) is 2.20. The van der Waals surface area contributed by atoms with E-state index in [4.69, 9.17) is 10.2 Å². The topological polar surface area (TPSA) is 64.9 Å². The van der Waals surface area contributed by atoms with Crippen LogP contribution in [0, 0.1) is 5.92 Å². The first-order valence-corrected chi connectivity index (χ1v) is 4.92. The molecule has 0 amide bonds. The first-order valence-electron chi connectivity index (χ1n) is 4.92. The van der Waals surface area contributed by atoms with Crippen LogP contribution in [-0.2, 0) is 6.42 Å². The van der Waals surface area contributed by atoms with Gasteiger partial charge in [-0.2, -0.15) is 0 Å². The number of rotatable bonds is 2. The fourth-order valence-corrected chi connectivity index (χ4v) is 1.99.